The van der Waals surface area contributed by atoms with Gasteiger partial charge in [-0.1, -0.05) is 170 Å². The summed E-state index contributed by atoms with van der Waals surface area (Å²) in [7, 11) is 0. The molecule has 10 aromatic carbocycles. The zero-order valence-corrected chi connectivity index (χ0v) is 30.8. The second-order valence-corrected chi connectivity index (χ2v) is 14.2. The molecule has 0 aromatic heterocycles. The molecule has 0 spiro atoms. The lowest BCUT2D eigenvalue weighted by molar-refractivity contribution is 1.31. The van der Waals surface area contributed by atoms with Gasteiger partial charge in [0.2, 0.25) is 0 Å². The SMILES string of the molecule is C(=Cc1ccc(N(c2ccccc2)c2c3ccccc3cc3ccccc23)cc1)c1ccc(N(c2ccccc2)c2c3ccccc3cc3ccccc23)cc1. The van der Waals surface area contributed by atoms with Crippen molar-refractivity contribution in [2.45, 2.75) is 0 Å². The van der Waals surface area contributed by atoms with Crippen LogP contribution in [0.15, 0.2) is 218 Å². The van der Waals surface area contributed by atoms with E-state index in [0.717, 1.165) is 33.9 Å². The van der Waals surface area contributed by atoms with Crippen LogP contribution in [0.25, 0.3) is 55.2 Å². The number of hydrogen-bond acceptors (Lipinski definition) is 2. The lowest BCUT2D eigenvalue weighted by Gasteiger charge is -2.28. The van der Waals surface area contributed by atoms with Crippen LogP contribution in [0.4, 0.5) is 34.1 Å². The van der Waals surface area contributed by atoms with Crippen molar-refractivity contribution in [3.63, 3.8) is 0 Å². The molecular weight excluding hydrogens is 677 g/mol. The first kappa shape index (κ1) is 33.2. The van der Waals surface area contributed by atoms with Gasteiger partial charge < -0.3 is 9.80 Å². The van der Waals surface area contributed by atoms with E-state index in [2.05, 4.69) is 240 Å². The van der Waals surface area contributed by atoms with Crippen molar-refractivity contribution < 1.29 is 0 Å². The number of benzene rings is 10. The lowest BCUT2D eigenvalue weighted by atomic mass is 9.99. The normalized spacial score (nSPS) is 11.5. The van der Waals surface area contributed by atoms with Crippen LogP contribution in [0.2, 0.25) is 0 Å². The average molecular weight is 715 g/mol. The van der Waals surface area contributed by atoms with Crippen molar-refractivity contribution in [3.8, 4) is 0 Å². The summed E-state index contributed by atoms with van der Waals surface area (Å²) in [5.74, 6) is 0. The van der Waals surface area contributed by atoms with Crippen LogP contribution in [0.1, 0.15) is 11.1 Å². The van der Waals surface area contributed by atoms with Crippen LogP contribution in [-0.2, 0) is 0 Å². The first-order chi connectivity index (χ1) is 27.8. The fourth-order valence-corrected chi connectivity index (χ4v) is 8.09. The predicted octanol–water partition coefficient (Wildman–Crippen LogP) is 15.4. The Kier molecular flexibility index (Phi) is 8.55. The van der Waals surface area contributed by atoms with Gasteiger partial charge in [-0.05, 0) is 93.3 Å². The molecule has 264 valence electrons. The van der Waals surface area contributed by atoms with Gasteiger partial charge in [-0.15, -0.1) is 0 Å². The third kappa shape index (κ3) is 6.14. The second kappa shape index (κ2) is 14.4. The maximum Gasteiger partial charge on any atom is 0.0618 e. The van der Waals surface area contributed by atoms with E-state index in [1.807, 2.05) is 0 Å². The molecular formula is C54H38N2. The zero-order valence-electron chi connectivity index (χ0n) is 30.8. The molecule has 0 saturated heterocycles. The van der Waals surface area contributed by atoms with Crippen LogP contribution < -0.4 is 9.80 Å². The standard InChI is InChI=1S/C54H38N2/c1-3-19-45(20-4-1)55(53-49-23-11-7-15-41(49)37-42-16-8-12-24-50(42)53)47-33-29-39(30-34-47)27-28-40-31-35-48(36-32-40)56(46-21-5-2-6-22-46)54-51-25-13-9-17-43(51)38-44-18-10-14-26-52(44)54/h1-38H. The topological polar surface area (TPSA) is 6.48 Å². The molecule has 0 N–H and O–H groups in total. The molecule has 0 aliphatic carbocycles. The van der Waals surface area contributed by atoms with Crippen molar-refractivity contribution in [1.82, 2.24) is 0 Å². The van der Waals surface area contributed by atoms with Gasteiger partial charge in [0.15, 0.2) is 0 Å². The van der Waals surface area contributed by atoms with Gasteiger partial charge in [0.25, 0.3) is 0 Å². The molecule has 0 radical (unpaired) electrons. The molecule has 0 heterocycles. The summed E-state index contributed by atoms with van der Waals surface area (Å²) in [5.41, 5.74) is 9.13. The summed E-state index contributed by atoms with van der Waals surface area (Å²) < 4.78 is 0. The van der Waals surface area contributed by atoms with Gasteiger partial charge in [0, 0.05) is 44.3 Å². The zero-order chi connectivity index (χ0) is 37.3. The minimum Gasteiger partial charge on any atom is -0.309 e. The number of anilines is 6. The molecule has 10 aromatic rings. The number of fused-ring (bicyclic) bond motifs is 4. The van der Waals surface area contributed by atoms with Crippen LogP contribution in [0, 0.1) is 0 Å². The maximum atomic E-state index is 2.40. The maximum absolute atomic E-state index is 2.40. The number of nitrogens with zero attached hydrogens (tertiary/aromatic N) is 2. The molecule has 0 unspecified atom stereocenters. The number of rotatable bonds is 8. The van der Waals surface area contributed by atoms with E-state index in [4.69, 9.17) is 0 Å². The predicted molar refractivity (Wildman–Crippen MR) is 241 cm³/mol. The largest absolute Gasteiger partial charge is 0.309 e. The first-order valence-electron chi connectivity index (χ1n) is 19.2. The monoisotopic (exact) mass is 714 g/mol. The molecule has 2 nitrogen and oxygen atoms in total. The van der Waals surface area contributed by atoms with Gasteiger partial charge in [-0.2, -0.15) is 0 Å². The van der Waals surface area contributed by atoms with E-state index in [0.29, 0.717) is 0 Å². The van der Waals surface area contributed by atoms with Gasteiger partial charge in [-0.3, -0.25) is 0 Å². The molecule has 0 bridgehead atoms. The highest BCUT2D eigenvalue weighted by molar-refractivity contribution is 6.15. The summed E-state index contributed by atoms with van der Waals surface area (Å²) in [5, 5.41) is 9.80. The van der Waals surface area contributed by atoms with Crippen molar-refractivity contribution >= 4 is 89.4 Å². The van der Waals surface area contributed by atoms with Crippen molar-refractivity contribution in [1.29, 1.82) is 0 Å². The van der Waals surface area contributed by atoms with Crippen LogP contribution in [0.5, 0.6) is 0 Å². The highest BCUT2D eigenvalue weighted by Gasteiger charge is 2.20. The van der Waals surface area contributed by atoms with E-state index >= 15 is 0 Å². The van der Waals surface area contributed by atoms with E-state index < -0.39 is 0 Å². The van der Waals surface area contributed by atoms with Crippen molar-refractivity contribution in [3.05, 3.63) is 230 Å². The minimum absolute atomic E-state index is 1.11. The minimum atomic E-state index is 1.11. The Morgan fingerprint density at radius 2 is 0.518 bits per heavy atom. The summed E-state index contributed by atoms with van der Waals surface area (Å²) in [6, 6.07) is 78.5. The van der Waals surface area contributed by atoms with Crippen molar-refractivity contribution in [2.75, 3.05) is 9.80 Å². The third-order valence-corrected chi connectivity index (χ3v) is 10.7. The van der Waals surface area contributed by atoms with Gasteiger partial charge in [-0.25, -0.2) is 0 Å². The van der Waals surface area contributed by atoms with Crippen LogP contribution in [0.3, 0.4) is 0 Å². The van der Waals surface area contributed by atoms with E-state index in [9.17, 15) is 0 Å². The molecule has 0 aliphatic heterocycles. The van der Waals surface area contributed by atoms with Gasteiger partial charge in [0.05, 0.1) is 11.4 Å². The van der Waals surface area contributed by atoms with E-state index in [1.165, 1.54) is 54.5 Å². The van der Waals surface area contributed by atoms with Gasteiger partial charge in [0.1, 0.15) is 0 Å². The van der Waals surface area contributed by atoms with E-state index in [1.54, 1.807) is 0 Å². The fraction of sp³-hybridized carbons (Fsp3) is 0. The molecule has 0 saturated carbocycles. The molecule has 56 heavy (non-hydrogen) atoms. The molecule has 0 amide bonds. The Morgan fingerprint density at radius 3 is 0.839 bits per heavy atom. The number of hydrogen-bond donors (Lipinski definition) is 0. The van der Waals surface area contributed by atoms with Crippen molar-refractivity contribution in [2.24, 2.45) is 0 Å². The quantitative estimate of drug-likeness (QED) is 0.114. The fourth-order valence-electron chi connectivity index (χ4n) is 8.09. The Morgan fingerprint density at radius 1 is 0.250 bits per heavy atom. The average Bonchev–Trinajstić information content (AvgIpc) is 3.27. The molecule has 0 atom stereocenters. The highest BCUT2D eigenvalue weighted by Crippen LogP contribution is 2.45. The Bertz CT molecular complexity index is 2690. The Labute approximate surface area is 327 Å². The van der Waals surface area contributed by atoms with Crippen LogP contribution in [-0.4, -0.2) is 0 Å². The summed E-state index contributed by atoms with van der Waals surface area (Å²) in [6.45, 7) is 0. The van der Waals surface area contributed by atoms with Gasteiger partial charge >= 0.3 is 0 Å². The first-order valence-corrected chi connectivity index (χ1v) is 19.2. The molecule has 0 aliphatic rings. The molecule has 0 fully saturated rings. The number of para-hydroxylation sites is 2. The summed E-state index contributed by atoms with van der Waals surface area (Å²) in [6.07, 6.45) is 4.40. The van der Waals surface area contributed by atoms with Crippen LogP contribution >= 0.6 is 0 Å². The lowest BCUT2D eigenvalue weighted by Crippen LogP contribution is -2.11. The smallest absolute Gasteiger partial charge is 0.0618 e. The highest BCUT2D eigenvalue weighted by atomic mass is 15.2. The summed E-state index contributed by atoms with van der Waals surface area (Å²) >= 11 is 0. The second-order valence-electron chi connectivity index (χ2n) is 14.2. The Balaban J connectivity index is 0.999. The third-order valence-electron chi connectivity index (χ3n) is 10.7. The molecule has 10 rings (SSSR count). The Hall–Kier alpha value is -7.42. The van der Waals surface area contributed by atoms with E-state index in [-0.39, 0.29) is 0 Å². The molecule has 2 heteroatoms. The summed E-state index contributed by atoms with van der Waals surface area (Å²) in [4.78, 5) is 4.79.